The Kier molecular flexibility index (Phi) is 7.38. The Hall–Kier alpha value is -7.70. The monoisotopic (exact) mass is 716 g/mol. The summed E-state index contributed by atoms with van der Waals surface area (Å²) in [4.78, 5) is 20.0. The molecule has 0 radical (unpaired) electrons. The van der Waals surface area contributed by atoms with Crippen LogP contribution in [0.3, 0.4) is 0 Å². The number of benzene rings is 7. The van der Waals surface area contributed by atoms with E-state index in [2.05, 4.69) is 149 Å². The fraction of sp³-hybridized carbons (Fsp3) is 0. The number of para-hydroxylation sites is 5. The van der Waals surface area contributed by atoms with Gasteiger partial charge in [0.1, 0.15) is 5.69 Å². The third kappa shape index (κ3) is 5.11. The highest BCUT2D eigenvalue weighted by Gasteiger charge is 2.21. The first kappa shape index (κ1) is 31.8. The SMILES string of the molecule is c1ccc(-c2cc(-c3ccccc3)nc(-c3nccnc3-c3ccc4c(c3)c3ccccc3n4-c3ccccc3-n3c4ccccc4c4ccccc43)n2)cc1. The lowest BCUT2D eigenvalue weighted by Crippen LogP contribution is -2.03. The Labute approximate surface area is 322 Å². The van der Waals surface area contributed by atoms with Gasteiger partial charge in [0.15, 0.2) is 5.82 Å². The van der Waals surface area contributed by atoms with Crippen molar-refractivity contribution in [1.82, 2.24) is 29.1 Å². The minimum atomic E-state index is 0.524. The zero-order valence-corrected chi connectivity index (χ0v) is 30.2. The van der Waals surface area contributed by atoms with Gasteiger partial charge < -0.3 is 9.13 Å². The molecule has 4 aromatic heterocycles. The molecule has 6 heteroatoms. The van der Waals surface area contributed by atoms with Gasteiger partial charge in [-0.1, -0.05) is 133 Å². The molecule has 0 unspecified atom stereocenters. The molecule has 0 bridgehead atoms. The molecule has 0 amide bonds. The lowest BCUT2D eigenvalue weighted by Gasteiger charge is -2.16. The summed E-state index contributed by atoms with van der Waals surface area (Å²) in [5.74, 6) is 0.524. The van der Waals surface area contributed by atoms with E-state index < -0.39 is 0 Å². The Balaban J connectivity index is 1.11. The van der Waals surface area contributed by atoms with E-state index in [1.807, 2.05) is 42.5 Å². The maximum Gasteiger partial charge on any atom is 0.181 e. The lowest BCUT2D eigenvalue weighted by atomic mass is 10.0. The van der Waals surface area contributed by atoms with Crippen molar-refractivity contribution in [2.45, 2.75) is 0 Å². The first-order valence-electron chi connectivity index (χ1n) is 18.7. The molecule has 0 fully saturated rings. The number of hydrogen-bond donors (Lipinski definition) is 0. The van der Waals surface area contributed by atoms with Gasteiger partial charge in [0.2, 0.25) is 0 Å². The average Bonchev–Trinajstić information content (AvgIpc) is 3.79. The molecule has 11 rings (SSSR count). The number of fused-ring (bicyclic) bond motifs is 6. The Bertz CT molecular complexity index is 3140. The van der Waals surface area contributed by atoms with Crippen LogP contribution in [0.15, 0.2) is 194 Å². The summed E-state index contributed by atoms with van der Waals surface area (Å²) >= 11 is 0. The van der Waals surface area contributed by atoms with Crippen LogP contribution in [-0.4, -0.2) is 29.1 Å². The molecule has 0 spiro atoms. The molecule has 0 aliphatic heterocycles. The second kappa shape index (κ2) is 13.0. The van der Waals surface area contributed by atoms with E-state index in [0.29, 0.717) is 11.5 Å². The molecule has 7 aromatic carbocycles. The van der Waals surface area contributed by atoms with Crippen LogP contribution in [0.2, 0.25) is 0 Å². The molecule has 11 aromatic rings. The van der Waals surface area contributed by atoms with E-state index in [-0.39, 0.29) is 0 Å². The second-order valence-corrected chi connectivity index (χ2v) is 13.9. The maximum absolute atomic E-state index is 5.10. The molecule has 0 saturated heterocycles. The summed E-state index contributed by atoms with van der Waals surface area (Å²) in [6, 6.07) is 63.7. The van der Waals surface area contributed by atoms with Gasteiger partial charge in [-0.2, -0.15) is 0 Å². The molecule has 0 aliphatic rings. The fourth-order valence-corrected chi connectivity index (χ4v) is 8.18. The second-order valence-electron chi connectivity index (χ2n) is 13.9. The van der Waals surface area contributed by atoms with Crippen molar-refractivity contribution in [3.63, 3.8) is 0 Å². The first-order chi connectivity index (χ1) is 27.8. The van der Waals surface area contributed by atoms with Gasteiger partial charge in [0.25, 0.3) is 0 Å². The van der Waals surface area contributed by atoms with Crippen LogP contribution < -0.4 is 0 Å². The predicted molar refractivity (Wildman–Crippen MR) is 228 cm³/mol. The quantitative estimate of drug-likeness (QED) is 0.172. The van der Waals surface area contributed by atoms with Crippen molar-refractivity contribution in [2.75, 3.05) is 0 Å². The summed E-state index contributed by atoms with van der Waals surface area (Å²) < 4.78 is 4.79. The lowest BCUT2D eigenvalue weighted by molar-refractivity contribution is 1.09. The molecular formula is C50H32N6. The number of hydrogen-bond acceptors (Lipinski definition) is 4. The third-order valence-corrected chi connectivity index (χ3v) is 10.7. The highest BCUT2D eigenvalue weighted by atomic mass is 15.1. The molecule has 0 aliphatic carbocycles. The maximum atomic E-state index is 5.10. The minimum absolute atomic E-state index is 0.524. The smallest absolute Gasteiger partial charge is 0.181 e. The van der Waals surface area contributed by atoms with E-state index in [1.165, 1.54) is 21.8 Å². The van der Waals surface area contributed by atoms with Crippen LogP contribution in [0.1, 0.15) is 0 Å². The van der Waals surface area contributed by atoms with Gasteiger partial charge in [-0.05, 0) is 48.5 Å². The largest absolute Gasteiger partial charge is 0.307 e. The normalized spacial score (nSPS) is 11.6. The molecule has 0 N–H and O–H groups in total. The van der Waals surface area contributed by atoms with Gasteiger partial charge in [-0.15, -0.1) is 0 Å². The van der Waals surface area contributed by atoms with Crippen LogP contribution in [0.5, 0.6) is 0 Å². The zero-order chi connectivity index (χ0) is 37.0. The number of rotatable bonds is 6. The van der Waals surface area contributed by atoms with Crippen molar-refractivity contribution >= 4 is 43.6 Å². The van der Waals surface area contributed by atoms with Crippen LogP contribution in [0.4, 0.5) is 0 Å². The van der Waals surface area contributed by atoms with E-state index in [0.717, 1.165) is 67.0 Å². The fourth-order valence-electron chi connectivity index (χ4n) is 8.18. The van der Waals surface area contributed by atoms with Gasteiger partial charge in [0.05, 0.1) is 50.5 Å². The number of aromatic nitrogens is 6. The van der Waals surface area contributed by atoms with Crippen molar-refractivity contribution < 1.29 is 0 Å². The summed E-state index contributed by atoms with van der Waals surface area (Å²) in [6.07, 6.45) is 3.46. The van der Waals surface area contributed by atoms with E-state index >= 15 is 0 Å². The third-order valence-electron chi connectivity index (χ3n) is 10.7. The molecule has 0 saturated carbocycles. The topological polar surface area (TPSA) is 61.4 Å². The van der Waals surface area contributed by atoms with Crippen LogP contribution >= 0.6 is 0 Å². The van der Waals surface area contributed by atoms with Gasteiger partial charge in [-0.25, -0.2) is 15.0 Å². The van der Waals surface area contributed by atoms with Crippen molar-refractivity contribution in [2.24, 2.45) is 0 Å². The Morgan fingerprint density at radius 2 is 0.750 bits per heavy atom. The number of nitrogens with zero attached hydrogens (tertiary/aromatic N) is 6. The van der Waals surface area contributed by atoms with E-state index in [4.69, 9.17) is 19.9 Å². The minimum Gasteiger partial charge on any atom is -0.307 e. The van der Waals surface area contributed by atoms with Crippen molar-refractivity contribution in [3.05, 3.63) is 194 Å². The van der Waals surface area contributed by atoms with Crippen LogP contribution in [-0.2, 0) is 0 Å². The van der Waals surface area contributed by atoms with Crippen LogP contribution in [0, 0.1) is 0 Å². The molecule has 4 heterocycles. The highest BCUT2D eigenvalue weighted by molar-refractivity contribution is 6.12. The summed E-state index contributed by atoms with van der Waals surface area (Å²) in [6.45, 7) is 0. The van der Waals surface area contributed by atoms with E-state index in [9.17, 15) is 0 Å². The zero-order valence-electron chi connectivity index (χ0n) is 30.2. The molecule has 56 heavy (non-hydrogen) atoms. The molecule has 262 valence electrons. The predicted octanol–water partition coefficient (Wildman–Crippen LogP) is 12.1. The van der Waals surface area contributed by atoms with Gasteiger partial charge >= 0.3 is 0 Å². The average molecular weight is 717 g/mol. The standard InChI is InChI=1S/C50H32N6/c1-3-15-33(16-4-1)40-32-41(34-17-5-2-6-18-34)54-50(53-40)49-48(51-29-30-52-49)35-27-28-45-39(31-35)38-21-9-12-24-44(38)56(45)47-26-14-13-25-46(47)55-42-22-10-7-19-36(42)37-20-8-11-23-43(37)55/h1-32H. The molecular weight excluding hydrogens is 685 g/mol. The molecule has 0 atom stereocenters. The summed E-state index contributed by atoms with van der Waals surface area (Å²) in [5, 5.41) is 4.74. The summed E-state index contributed by atoms with van der Waals surface area (Å²) in [7, 11) is 0. The first-order valence-corrected chi connectivity index (χ1v) is 18.7. The van der Waals surface area contributed by atoms with Crippen molar-refractivity contribution in [1.29, 1.82) is 0 Å². The Morgan fingerprint density at radius 3 is 1.29 bits per heavy atom. The molecule has 6 nitrogen and oxygen atoms in total. The van der Waals surface area contributed by atoms with Gasteiger partial charge in [-0.3, -0.25) is 4.98 Å². The van der Waals surface area contributed by atoms with Crippen molar-refractivity contribution in [3.8, 4) is 56.7 Å². The summed E-state index contributed by atoms with van der Waals surface area (Å²) in [5.41, 5.74) is 12.7. The Morgan fingerprint density at radius 1 is 0.321 bits per heavy atom. The highest BCUT2D eigenvalue weighted by Crippen LogP contribution is 2.40. The van der Waals surface area contributed by atoms with E-state index in [1.54, 1.807) is 12.4 Å². The van der Waals surface area contributed by atoms with Crippen LogP contribution in [0.25, 0.3) is 100 Å². The van der Waals surface area contributed by atoms with Gasteiger partial charge in [0, 0.05) is 50.6 Å².